The summed E-state index contributed by atoms with van der Waals surface area (Å²) in [5.74, 6) is 0. The number of aliphatic hydroxyl groups is 2. The molecular formula is C8H11NO2. The van der Waals surface area contributed by atoms with Crippen LogP contribution in [-0.2, 0) is 0 Å². The molecule has 0 bridgehead atoms. The van der Waals surface area contributed by atoms with Gasteiger partial charge in [-0.25, -0.2) is 0 Å². The highest BCUT2D eigenvalue weighted by Gasteiger charge is 2.05. The number of aromatic nitrogens is 1. The second-order valence-electron chi connectivity index (χ2n) is 2.46. The third kappa shape index (κ3) is 2.00. The van der Waals surface area contributed by atoms with Crippen molar-refractivity contribution in [3.8, 4) is 0 Å². The monoisotopic (exact) mass is 153 g/mol. The summed E-state index contributed by atoms with van der Waals surface area (Å²) in [6.07, 6.45) is 0.763. The summed E-state index contributed by atoms with van der Waals surface area (Å²) in [5, 5.41) is 17.7. The fraction of sp³-hybridized carbons (Fsp3) is 0.375. The van der Waals surface area contributed by atoms with E-state index >= 15 is 0 Å². The van der Waals surface area contributed by atoms with Crippen LogP contribution < -0.4 is 0 Å². The molecule has 60 valence electrons. The van der Waals surface area contributed by atoms with Gasteiger partial charge in [-0.05, 0) is 24.6 Å². The van der Waals surface area contributed by atoms with E-state index in [9.17, 15) is 0 Å². The molecule has 3 heteroatoms. The molecule has 0 saturated heterocycles. The first kappa shape index (κ1) is 8.17. The molecule has 0 aliphatic heterocycles. The summed E-state index contributed by atoms with van der Waals surface area (Å²) in [6.45, 7) is 1.63. The molecule has 11 heavy (non-hydrogen) atoms. The number of rotatable bonds is 2. The van der Waals surface area contributed by atoms with E-state index in [1.165, 1.54) is 0 Å². The Hall–Kier alpha value is -0.930. The minimum Gasteiger partial charge on any atom is -0.393 e. The second kappa shape index (κ2) is 3.46. The number of nitrogens with zero attached hydrogens (tertiary/aromatic N) is 1. The van der Waals surface area contributed by atoms with Gasteiger partial charge < -0.3 is 10.2 Å². The lowest BCUT2D eigenvalue weighted by Crippen LogP contribution is -2.04. The van der Waals surface area contributed by atoms with E-state index in [0.717, 1.165) is 5.56 Å². The Morgan fingerprint density at radius 2 is 2.36 bits per heavy atom. The maximum absolute atomic E-state index is 9.14. The van der Waals surface area contributed by atoms with E-state index in [1.54, 1.807) is 12.3 Å². The second-order valence-corrected chi connectivity index (χ2v) is 2.46. The van der Waals surface area contributed by atoms with Crippen LogP contribution in [0.3, 0.4) is 0 Å². The van der Waals surface area contributed by atoms with Crippen LogP contribution in [0.1, 0.15) is 17.4 Å². The zero-order valence-electron chi connectivity index (χ0n) is 6.36. The average molecular weight is 153 g/mol. The van der Waals surface area contributed by atoms with Gasteiger partial charge in [0.25, 0.3) is 0 Å². The fourth-order valence-electron chi connectivity index (χ4n) is 0.835. The molecule has 0 radical (unpaired) electrons. The Morgan fingerprint density at radius 1 is 1.64 bits per heavy atom. The molecule has 1 aromatic heterocycles. The molecule has 3 nitrogen and oxygen atoms in total. The van der Waals surface area contributed by atoms with Crippen molar-refractivity contribution in [2.24, 2.45) is 0 Å². The quantitative estimate of drug-likeness (QED) is 0.647. The molecule has 0 fully saturated rings. The lowest BCUT2D eigenvalue weighted by atomic mass is 10.2. The van der Waals surface area contributed by atoms with Crippen molar-refractivity contribution in [3.05, 3.63) is 29.6 Å². The largest absolute Gasteiger partial charge is 0.393 e. The Bertz CT molecular complexity index is 237. The third-order valence-electron chi connectivity index (χ3n) is 1.45. The van der Waals surface area contributed by atoms with Crippen LogP contribution in [0.4, 0.5) is 0 Å². The molecule has 1 aromatic rings. The van der Waals surface area contributed by atoms with Gasteiger partial charge in [0.2, 0.25) is 0 Å². The highest BCUT2D eigenvalue weighted by molar-refractivity contribution is 5.15. The van der Waals surface area contributed by atoms with E-state index in [0.29, 0.717) is 5.69 Å². The molecule has 2 N–H and O–H groups in total. The molecule has 0 spiro atoms. The lowest BCUT2D eigenvalue weighted by Gasteiger charge is -2.05. The van der Waals surface area contributed by atoms with Crippen molar-refractivity contribution in [3.63, 3.8) is 0 Å². The van der Waals surface area contributed by atoms with Crippen LogP contribution in [0.15, 0.2) is 18.3 Å². The third-order valence-corrected chi connectivity index (χ3v) is 1.45. The first-order valence-corrected chi connectivity index (χ1v) is 3.45. The molecule has 1 atom stereocenters. The van der Waals surface area contributed by atoms with E-state index in [4.69, 9.17) is 10.2 Å². The standard InChI is InChI=1S/C8H11NO2/c1-6-2-3-9-7(4-6)8(11)5-10/h2-4,8,10-11H,5H2,1H3/t8-/m1/s1. The molecule has 0 aliphatic carbocycles. The first-order valence-electron chi connectivity index (χ1n) is 3.45. The van der Waals surface area contributed by atoms with E-state index in [1.807, 2.05) is 13.0 Å². The summed E-state index contributed by atoms with van der Waals surface area (Å²) in [5.41, 5.74) is 1.55. The molecule has 1 heterocycles. The zero-order chi connectivity index (χ0) is 8.27. The SMILES string of the molecule is Cc1ccnc([C@H](O)CO)c1. The Morgan fingerprint density at radius 3 is 2.91 bits per heavy atom. The lowest BCUT2D eigenvalue weighted by molar-refractivity contribution is 0.0922. The Kier molecular flexibility index (Phi) is 2.57. The predicted molar refractivity (Wildman–Crippen MR) is 41.0 cm³/mol. The van der Waals surface area contributed by atoms with Crippen LogP contribution in [-0.4, -0.2) is 21.8 Å². The van der Waals surface area contributed by atoms with Crippen molar-refractivity contribution in [1.29, 1.82) is 0 Å². The topological polar surface area (TPSA) is 53.4 Å². The summed E-state index contributed by atoms with van der Waals surface area (Å²) in [6, 6.07) is 3.59. The van der Waals surface area contributed by atoms with Gasteiger partial charge in [-0.3, -0.25) is 4.98 Å². The van der Waals surface area contributed by atoms with E-state index in [-0.39, 0.29) is 6.61 Å². The van der Waals surface area contributed by atoms with Crippen molar-refractivity contribution in [1.82, 2.24) is 4.98 Å². The molecule has 0 aliphatic rings. The van der Waals surface area contributed by atoms with Gasteiger partial charge in [0, 0.05) is 6.20 Å². The van der Waals surface area contributed by atoms with Gasteiger partial charge in [-0.1, -0.05) is 0 Å². The summed E-state index contributed by atoms with van der Waals surface area (Å²) < 4.78 is 0. The predicted octanol–water partition coefficient (Wildman–Crippen LogP) is 0.416. The molecule has 0 aromatic carbocycles. The van der Waals surface area contributed by atoms with Gasteiger partial charge in [0.05, 0.1) is 12.3 Å². The van der Waals surface area contributed by atoms with Crippen LogP contribution in [0.2, 0.25) is 0 Å². The van der Waals surface area contributed by atoms with E-state index < -0.39 is 6.10 Å². The number of aliphatic hydroxyl groups excluding tert-OH is 2. The molecule has 0 amide bonds. The zero-order valence-corrected chi connectivity index (χ0v) is 6.36. The van der Waals surface area contributed by atoms with E-state index in [2.05, 4.69) is 4.98 Å². The van der Waals surface area contributed by atoms with Gasteiger partial charge in [0.1, 0.15) is 6.10 Å². The van der Waals surface area contributed by atoms with Crippen LogP contribution in [0, 0.1) is 6.92 Å². The minimum atomic E-state index is -0.852. The highest BCUT2D eigenvalue weighted by atomic mass is 16.3. The summed E-state index contributed by atoms with van der Waals surface area (Å²) in [7, 11) is 0. The summed E-state index contributed by atoms with van der Waals surface area (Å²) in [4.78, 5) is 3.90. The van der Waals surface area contributed by atoms with Gasteiger partial charge in [-0.15, -0.1) is 0 Å². The highest BCUT2D eigenvalue weighted by Crippen LogP contribution is 2.09. The molecule has 0 unspecified atom stereocenters. The number of hydrogen-bond acceptors (Lipinski definition) is 3. The number of aryl methyl sites for hydroxylation is 1. The number of pyridine rings is 1. The normalized spacial score (nSPS) is 13.0. The Labute approximate surface area is 65.3 Å². The minimum absolute atomic E-state index is 0.281. The van der Waals surface area contributed by atoms with Crippen LogP contribution in [0.25, 0.3) is 0 Å². The van der Waals surface area contributed by atoms with Crippen LogP contribution >= 0.6 is 0 Å². The maximum Gasteiger partial charge on any atom is 0.119 e. The fourth-order valence-corrected chi connectivity index (χ4v) is 0.835. The maximum atomic E-state index is 9.14. The van der Waals surface area contributed by atoms with Crippen LogP contribution in [0.5, 0.6) is 0 Å². The van der Waals surface area contributed by atoms with Crippen molar-refractivity contribution in [2.75, 3.05) is 6.61 Å². The van der Waals surface area contributed by atoms with Crippen molar-refractivity contribution in [2.45, 2.75) is 13.0 Å². The first-order chi connectivity index (χ1) is 5.24. The van der Waals surface area contributed by atoms with Gasteiger partial charge >= 0.3 is 0 Å². The molecular weight excluding hydrogens is 142 g/mol. The Balaban J connectivity index is 2.86. The number of hydrogen-bond donors (Lipinski definition) is 2. The van der Waals surface area contributed by atoms with Crippen molar-refractivity contribution >= 4 is 0 Å². The summed E-state index contributed by atoms with van der Waals surface area (Å²) >= 11 is 0. The molecule has 0 saturated carbocycles. The van der Waals surface area contributed by atoms with Gasteiger partial charge in [-0.2, -0.15) is 0 Å². The van der Waals surface area contributed by atoms with Crippen molar-refractivity contribution < 1.29 is 10.2 Å². The van der Waals surface area contributed by atoms with Gasteiger partial charge in [0.15, 0.2) is 0 Å². The average Bonchev–Trinajstić information content (AvgIpc) is 2.03. The molecule has 1 rings (SSSR count). The smallest absolute Gasteiger partial charge is 0.119 e.